The van der Waals surface area contributed by atoms with E-state index in [1.807, 2.05) is 0 Å². The maximum Gasteiger partial charge on any atom is 0.306 e. The molecule has 4 nitrogen and oxygen atoms in total. The molecule has 0 aliphatic rings. The van der Waals surface area contributed by atoms with E-state index in [0.29, 0.717) is 0 Å². The first-order chi connectivity index (χ1) is 7.56. The summed E-state index contributed by atoms with van der Waals surface area (Å²) in [6.45, 7) is 3.80. The Bertz CT molecular complexity index is 225. The summed E-state index contributed by atoms with van der Waals surface area (Å²) in [5.74, 6) is -0.707. The van der Waals surface area contributed by atoms with Crippen LogP contribution in [0.1, 0.15) is 39.5 Å². The molecule has 0 aromatic heterocycles. The van der Waals surface area contributed by atoms with E-state index in [0.717, 1.165) is 19.3 Å². The molecule has 0 heterocycles. The van der Waals surface area contributed by atoms with E-state index in [2.05, 4.69) is 11.7 Å². The van der Waals surface area contributed by atoms with E-state index in [1.165, 1.54) is 14.2 Å². The van der Waals surface area contributed by atoms with E-state index in [1.54, 1.807) is 6.92 Å². The summed E-state index contributed by atoms with van der Waals surface area (Å²) < 4.78 is 9.68. The predicted octanol–water partition coefficient (Wildman–Crippen LogP) is 1.96. The largest absolute Gasteiger partial charge is 0.469 e. The number of hydrogen-bond acceptors (Lipinski definition) is 4. The van der Waals surface area contributed by atoms with E-state index >= 15 is 0 Å². The molecule has 0 saturated carbocycles. The van der Waals surface area contributed by atoms with Crippen LogP contribution in [0, 0.1) is 5.92 Å². The summed E-state index contributed by atoms with van der Waals surface area (Å²) in [4.78, 5) is 22.9. The van der Waals surface area contributed by atoms with Gasteiger partial charge in [0.15, 0.2) is 5.78 Å². The molecule has 0 N–H and O–H groups in total. The van der Waals surface area contributed by atoms with E-state index in [9.17, 15) is 9.59 Å². The minimum atomic E-state index is -0.389. The van der Waals surface area contributed by atoms with Gasteiger partial charge in [0.2, 0.25) is 0 Å². The molecule has 0 bridgehead atoms. The summed E-state index contributed by atoms with van der Waals surface area (Å²) in [6, 6.07) is 0. The number of carbonyl (C=O) groups is 2. The minimum Gasteiger partial charge on any atom is -0.469 e. The molecule has 2 unspecified atom stereocenters. The number of ketones is 1. The van der Waals surface area contributed by atoms with Gasteiger partial charge in [0.05, 0.1) is 13.5 Å². The molecule has 0 aliphatic heterocycles. The van der Waals surface area contributed by atoms with Crippen molar-refractivity contribution in [3.05, 3.63) is 0 Å². The second-order valence-electron chi connectivity index (χ2n) is 3.95. The summed E-state index contributed by atoms with van der Waals surface area (Å²) in [5.41, 5.74) is 0. The number of esters is 1. The Morgan fingerprint density at radius 2 is 1.88 bits per heavy atom. The lowest BCUT2D eigenvalue weighted by Crippen LogP contribution is -2.30. The van der Waals surface area contributed by atoms with Gasteiger partial charge in [-0.1, -0.05) is 26.7 Å². The Morgan fingerprint density at radius 3 is 2.31 bits per heavy atom. The van der Waals surface area contributed by atoms with E-state index in [4.69, 9.17) is 4.74 Å². The maximum atomic E-state index is 11.9. The Labute approximate surface area is 97.3 Å². The van der Waals surface area contributed by atoms with E-state index < -0.39 is 0 Å². The van der Waals surface area contributed by atoms with Crippen LogP contribution in [0.25, 0.3) is 0 Å². The number of unbranched alkanes of at least 4 members (excludes halogenated alkanes) is 1. The molecule has 0 saturated heterocycles. The van der Waals surface area contributed by atoms with Gasteiger partial charge in [0, 0.05) is 13.0 Å². The third-order valence-electron chi connectivity index (χ3n) is 2.61. The molecule has 0 rings (SSSR count). The van der Waals surface area contributed by atoms with Crippen molar-refractivity contribution in [1.82, 2.24) is 0 Å². The highest BCUT2D eigenvalue weighted by Gasteiger charge is 2.25. The van der Waals surface area contributed by atoms with Crippen LogP contribution in [0.15, 0.2) is 0 Å². The lowest BCUT2D eigenvalue weighted by atomic mass is 9.95. The van der Waals surface area contributed by atoms with Gasteiger partial charge in [-0.3, -0.25) is 9.59 Å². The van der Waals surface area contributed by atoms with Crippen LogP contribution in [0.5, 0.6) is 0 Å². The summed E-state index contributed by atoms with van der Waals surface area (Å²) in [5, 5.41) is 0. The second-order valence-corrected chi connectivity index (χ2v) is 3.95. The molecule has 0 aromatic rings. The van der Waals surface area contributed by atoms with Crippen molar-refractivity contribution in [2.45, 2.75) is 45.6 Å². The van der Waals surface area contributed by atoms with Crippen LogP contribution in [-0.4, -0.2) is 32.1 Å². The number of rotatable bonds is 8. The normalized spacial score (nSPS) is 14.2. The monoisotopic (exact) mass is 230 g/mol. The van der Waals surface area contributed by atoms with Crippen molar-refractivity contribution < 1.29 is 19.1 Å². The zero-order valence-electron chi connectivity index (χ0n) is 10.6. The third kappa shape index (κ3) is 5.26. The minimum absolute atomic E-state index is 0.0126. The van der Waals surface area contributed by atoms with Crippen molar-refractivity contribution in [3.63, 3.8) is 0 Å². The summed E-state index contributed by atoms with van der Waals surface area (Å²) in [7, 11) is 2.85. The second kappa shape index (κ2) is 8.28. The first-order valence-electron chi connectivity index (χ1n) is 5.70. The zero-order valence-corrected chi connectivity index (χ0v) is 10.6. The van der Waals surface area contributed by atoms with Crippen LogP contribution < -0.4 is 0 Å². The fraction of sp³-hybridized carbons (Fsp3) is 0.833. The molecule has 0 amide bonds. The molecule has 94 valence electrons. The molecule has 2 atom stereocenters. The molecule has 0 aromatic carbocycles. The number of ether oxygens (including phenoxy) is 2. The Morgan fingerprint density at radius 1 is 1.25 bits per heavy atom. The van der Waals surface area contributed by atoms with Gasteiger partial charge in [0.25, 0.3) is 0 Å². The van der Waals surface area contributed by atoms with Gasteiger partial charge in [-0.05, 0) is 6.42 Å². The molecule has 0 aliphatic carbocycles. The van der Waals surface area contributed by atoms with Gasteiger partial charge in [-0.15, -0.1) is 0 Å². The molecule has 4 heteroatoms. The highest BCUT2D eigenvalue weighted by atomic mass is 16.5. The summed E-state index contributed by atoms with van der Waals surface area (Å²) >= 11 is 0. The van der Waals surface area contributed by atoms with Gasteiger partial charge in [-0.2, -0.15) is 0 Å². The fourth-order valence-corrected chi connectivity index (χ4v) is 1.52. The highest BCUT2D eigenvalue weighted by Crippen LogP contribution is 2.14. The Kier molecular flexibility index (Phi) is 7.81. The molecule has 0 fully saturated rings. The lowest BCUT2D eigenvalue weighted by Gasteiger charge is -2.17. The standard InChI is InChI=1S/C12H22O4/c1-5-6-7-10(15-3)12(14)9(2)8-11(13)16-4/h9-10H,5-8H2,1-4H3. The number of hydrogen-bond donors (Lipinski definition) is 0. The Balaban J connectivity index is 4.21. The van der Waals surface area contributed by atoms with E-state index in [-0.39, 0.29) is 30.2 Å². The average Bonchev–Trinajstić information content (AvgIpc) is 2.29. The van der Waals surface area contributed by atoms with Crippen molar-refractivity contribution >= 4 is 11.8 Å². The topological polar surface area (TPSA) is 52.6 Å². The zero-order chi connectivity index (χ0) is 12.6. The number of methoxy groups -OCH3 is 2. The van der Waals surface area contributed by atoms with Gasteiger partial charge >= 0.3 is 5.97 Å². The molecule has 0 spiro atoms. The van der Waals surface area contributed by atoms with Crippen LogP contribution in [0.4, 0.5) is 0 Å². The van der Waals surface area contributed by atoms with Crippen LogP contribution in [-0.2, 0) is 19.1 Å². The quantitative estimate of drug-likeness (QED) is 0.598. The van der Waals surface area contributed by atoms with Crippen LogP contribution in [0.2, 0.25) is 0 Å². The SMILES string of the molecule is CCCCC(OC)C(=O)C(C)CC(=O)OC. The van der Waals surface area contributed by atoms with Gasteiger partial charge < -0.3 is 9.47 Å². The highest BCUT2D eigenvalue weighted by molar-refractivity contribution is 5.88. The van der Waals surface area contributed by atoms with Gasteiger partial charge in [-0.25, -0.2) is 0 Å². The fourth-order valence-electron chi connectivity index (χ4n) is 1.52. The summed E-state index contributed by atoms with van der Waals surface area (Å²) in [6.07, 6.45) is 2.44. The first-order valence-corrected chi connectivity index (χ1v) is 5.70. The van der Waals surface area contributed by atoms with Gasteiger partial charge in [0.1, 0.15) is 6.10 Å². The van der Waals surface area contributed by atoms with Crippen molar-refractivity contribution in [2.75, 3.05) is 14.2 Å². The molecular formula is C12H22O4. The smallest absolute Gasteiger partial charge is 0.306 e. The molecular weight excluding hydrogens is 208 g/mol. The molecule has 0 radical (unpaired) electrons. The van der Waals surface area contributed by atoms with Crippen molar-refractivity contribution in [2.24, 2.45) is 5.92 Å². The van der Waals surface area contributed by atoms with Crippen LogP contribution in [0.3, 0.4) is 0 Å². The maximum absolute atomic E-state index is 11.9. The number of carbonyl (C=O) groups excluding carboxylic acids is 2. The first kappa shape index (κ1) is 15.1. The Hall–Kier alpha value is -0.900. The molecule has 16 heavy (non-hydrogen) atoms. The van der Waals surface area contributed by atoms with Crippen LogP contribution >= 0.6 is 0 Å². The van der Waals surface area contributed by atoms with Crippen molar-refractivity contribution in [3.8, 4) is 0 Å². The van der Waals surface area contributed by atoms with Crippen molar-refractivity contribution in [1.29, 1.82) is 0 Å². The average molecular weight is 230 g/mol. The lowest BCUT2D eigenvalue weighted by molar-refractivity contribution is -0.145. The third-order valence-corrected chi connectivity index (χ3v) is 2.61. The predicted molar refractivity (Wildman–Crippen MR) is 61.1 cm³/mol. The number of Topliss-reactive ketones (excluding diaryl/α,β-unsaturated/α-hetero) is 1.